The number of rotatable bonds is 1. The molecule has 76 valence electrons. The molecule has 0 radical (unpaired) electrons. The third-order valence-electron chi connectivity index (χ3n) is 3.06. The van der Waals surface area contributed by atoms with Gasteiger partial charge in [0, 0.05) is 12.0 Å². The summed E-state index contributed by atoms with van der Waals surface area (Å²) in [5, 5.41) is 4.62. The van der Waals surface area contributed by atoms with E-state index in [1.807, 2.05) is 11.3 Å². The van der Waals surface area contributed by atoms with Crippen molar-refractivity contribution in [2.24, 2.45) is 0 Å². The maximum Gasteiger partial charge on any atom is 0.147 e. The molecule has 0 saturated heterocycles. The van der Waals surface area contributed by atoms with Crippen LogP contribution in [0.15, 0.2) is 41.8 Å². The van der Waals surface area contributed by atoms with Crippen molar-refractivity contribution in [3.05, 3.63) is 57.8 Å². The standard InChI is InChI=1S/C13H13NS/c1-2-5-11-10(4-1)7-8-14-13(11)12-6-3-9-15-12/h1-6,9,13-14H,7-8H2/p+1/t13-/m0/s1. The summed E-state index contributed by atoms with van der Waals surface area (Å²) in [6.45, 7) is 1.21. The van der Waals surface area contributed by atoms with E-state index in [2.05, 4.69) is 47.1 Å². The van der Waals surface area contributed by atoms with Crippen molar-refractivity contribution in [1.82, 2.24) is 0 Å². The van der Waals surface area contributed by atoms with E-state index >= 15 is 0 Å². The molecule has 1 aliphatic heterocycles. The largest absolute Gasteiger partial charge is 0.335 e. The van der Waals surface area contributed by atoms with Crippen molar-refractivity contribution < 1.29 is 5.32 Å². The van der Waals surface area contributed by atoms with Gasteiger partial charge in [-0.2, -0.15) is 0 Å². The van der Waals surface area contributed by atoms with E-state index in [-0.39, 0.29) is 0 Å². The van der Waals surface area contributed by atoms with E-state index < -0.39 is 0 Å². The molecule has 0 spiro atoms. The van der Waals surface area contributed by atoms with Crippen LogP contribution in [-0.2, 0) is 6.42 Å². The first kappa shape index (κ1) is 9.13. The summed E-state index contributed by atoms with van der Waals surface area (Å²) in [5.41, 5.74) is 3.03. The van der Waals surface area contributed by atoms with Crippen LogP contribution in [0.1, 0.15) is 22.0 Å². The van der Waals surface area contributed by atoms with Crippen molar-refractivity contribution in [3.8, 4) is 0 Å². The van der Waals surface area contributed by atoms with E-state index in [9.17, 15) is 0 Å². The normalized spacial score (nSPS) is 19.9. The van der Waals surface area contributed by atoms with E-state index in [1.54, 1.807) is 0 Å². The molecule has 0 aliphatic carbocycles. The molecule has 2 aromatic rings. The van der Waals surface area contributed by atoms with Gasteiger partial charge in [0.2, 0.25) is 0 Å². The van der Waals surface area contributed by atoms with Crippen molar-refractivity contribution >= 4 is 11.3 Å². The van der Waals surface area contributed by atoms with E-state index in [0.717, 1.165) is 0 Å². The van der Waals surface area contributed by atoms with Crippen LogP contribution in [0.3, 0.4) is 0 Å². The minimum absolute atomic E-state index is 0.537. The Balaban J connectivity index is 2.06. The Morgan fingerprint density at radius 3 is 2.93 bits per heavy atom. The van der Waals surface area contributed by atoms with E-state index in [0.29, 0.717) is 6.04 Å². The van der Waals surface area contributed by atoms with Gasteiger partial charge in [-0.25, -0.2) is 0 Å². The molecule has 15 heavy (non-hydrogen) atoms. The van der Waals surface area contributed by atoms with Crippen LogP contribution in [0, 0.1) is 0 Å². The van der Waals surface area contributed by atoms with Gasteiger partial charge >= 0.3 is 0 Å². The highest BCUT2D eigenvalue weighted by atomic mass is 32.1. The Bertz CT molecular complexity index is 447. The summed E-state index contributed by atoms with van der Waals surface area (Å²) in [6.07, 6.45) is 1.21. The fraction of sp³-hybridized carbons (Fsp3) is 0.231. The fourth-order valence-corrected chi connectivity index (χ4v) is 3.18. The van der Waals surface area contributed by atoms with Crippen molar-refractivity contribution in [2.75, 3.05) is 6.54 Å². The maximum atomic E-state index is 2.45. The van der Waals surface area contributed by atoms with Crippen LogP contribution < -0.4 is 5.32 Å². The van der Waals surface area contributed by atoms with Gasteiger partial charge in [0.15, 0.2) is 0 Å². The zero-order valence-electron chi connectivity index (χ0n) is 8.52. The molecule has 2 heterocycles. The van der Waals surface area contributed by atoms with Crippen LogP contribution >= 0.6 is 11.3 Å². The van der Waals surface area contributed by atoms with Crippen LogP contribution in [0.5, 0.6) is 0 Å². The van der Waals surface area contributed by atoms with Gasteiger partial charge in [0.05, 0.1) is 11.4 Å². The van der Waals surface area contributed by atoms with Crippen LogP contribution in [0.4, 0.5) is 0 Å². The van der Waals surface area contributed by atoms with Crippen molar-refractivity contribution in [2.45, 2.75) is 12.5 Å². The predicted octanol–water partition coefficient (Wildman–Crippen LogP) is 1.96. The summed E-state index contributed by atoms with van der Waals surface area (Å²) in [7, 11) is 0. The molecular weight excluding hydrogens is 202 g/mol. The van der Waals surface area contributed by atoms with Crippen LogP contribution in [0.2, 0.25) is 0 Å². The Kier molecular flexibility index (Phi) is 2.31. The van der Waals surface area contributed by atoms with Crippen LogP contribution in [-0.4, -0.2) is 6.54 Å². The van der Waals surface area contributed by atoms with Crippen molar-refractivity contribution in [1.29, 1.82) is 0 Å². The molecule has 1 aromatic heterocycles. The zero-order valence-corrected chi connectivity index (χ0v) is 9.34. The quantitative estimate of drug-likeness (QED) is 0.750. The van der Waals surface area contributed by atoms with Crippen LogP contribution in [0.25, 0.3) is 0 Å². The summed E-state index contributed by atoms with van der Waals surface area (Å²) >= 11 is 1.86. The average Bonchev–Trinajstić information content (AvgIpc) is 2.82. The monoisotopic (exact) mass is 216 g/mol. The molecule has 1 nitrogen and oxygen atoms in total. The van der Waals surface area contributed by atoms with Gasteiger partial charge in [-0.05, 0) is 17.0 Å². The van der Waals surface area contributed by atoms with Gasteiger partial charge in [0.25, 0.3) is 0 Å². The highest BCUT2D eigenvalue weighted by Gasteiger charge is 2.24. The smallest absolute Gasteiger partial charge is 0.147 e. The SMILES string of the molecule is c1csc([C@H]2[NH2+]CCc3ccccc32)c1. The molecule has 0 amide bonds. The molecule has 0 fully saturated rings. The summed E-state index contributed by atoms with van der Waals surface area (Å²) in [4.78, 5) is 1.47. The lowest BCUT2D eigenvalue weighted by atomic mass is 9.93. The Labute approximate surface area is 93.8 Å². The molecule has 3 rings (SSSR count). The van der Waals surface area contributed by atoms with Gasteiger partial charge < -0.3 is 5.32 Å². The Morgan fingerprint density at radius 2 is 2.07 bits per heavy atom. The zero-order chi connectivity index (χ0) is 10.1. The lowest BCUT2D eigenvalue weighted by Crippen LogP contribution is -2.87. The second-order valence-corrected chi connectivity index (χ2v) is 4.95. The molecule has 0 unspecified atom stereocenters. The third-order valence-corrected chi connectivity index (χ3v) is 4.01. The molecule has 1 atom stereocenters. The Morgan fingerprint density at radius 1 is 1.13 bits per heavy atom. The average molecular weight is 216 g/mol. The lowest BCUT2D eigenvalue weighted by Gasteiger charge is -2.22. The first-order valence-electron chi connectivity index (χ1n) is 5.40. The summed E-state index contributed by atoms with van der Waals surface area (Å²) < 4.78 is 0. The fourth-order valence-electron chi connectivity index (χ4n) is 2.34. The summed E-state index contributed by atoms with van der Waals surface area (Å²) in [5.74, 6) is 0. The molecule has 2 N–H and O–H groups in total. The first-order valence-corrected chi connectivity index (χ1v) is 6.27. The molecule has 2 heteroatoms. The second-order valence-electron chi connectivity index (χ2n) is 3.97. The first-order chi connectivity index (χ1) is 7.45. The number of thiophene rings is 1. The topological polar surface area (TPSA) is 16.6 Å². The summed E-state index contributed by atoms with van der Waals surface area (Å²) in [6, 6.07) is 13.8. The lowest BCUT2D eigenvalue weighted by molar-refractivity contribution is -0.689. The number of quaternary nitrogens is 1. The minimum atomic E-state index is 0.537. The van der Waals surface area contributed by atoms with E-state index in [4.69, 9.17) is 0 Å². The predicted molar refractivity (Wildman–Crippen MR) is 63.1 cm³/mol. The van der Waals surface area contributed by atoms with Gasteiger partial charge in [-0.15, -0.1) is 11.3 Å². The molecule has 1 aromatic carbocycles. The number of nitrogens with two attached hydrogens (primary N) is 1. The van der Waals surface area contributed by atoms with Gasteiger partial charge in [0.1, 0.15) is 6.04 Å². The van der Waals surface area contributed by atoms with Gasteiger partial charge in [-0.3, -0.25) is 0 Å². The number of fused-ring (bicyclic) bond motifs is 1. The third kappa shape index (κ3) is 1.60. The molecule has 0 saturated carbocycles. The Hall–Kier alpha value is -1.12. The van der Waals surface area contributed by atoms with Crippen molar-refractivity contribution in [3.63, 3.8) is 0 Å². The highest BCUT2D eigenvalue weighted by molar-refractivity contribution is 7.10. The van der Waals surface area contributed by atoms with Gasteiger partial charge in [-0.1, -0.05) is 30.3 Å². The molecule has 0 bridgehead atoms. The van der Waals surface area contributed by atoms with E-state index in [1.165, 1.54) is 29.0 Å². The maximum absolute atomic E-state index is 2.45. The number of hydrogen-bond donors (Lipinski definition) is 1. The number of benzene rings is 1. The number of hydrogen-bond acceptors (Lipinski definition) is 1. The second kappa shape index (κ2) is 3.80. The highest BCUT2D eigenvalue weighted by Crippen LogP contribution is 2.27. The molecule has 1 aliphatic rings. The minimum Gasteiger partial charge on any atom is -0.335 e. The molecular formula is C13H14NS+.